The van der Waals surface area contributed by atoms with Crippen LogP contribution in [0.2, 0.25) is 0 Å². The van der Waals surface area contributed by atoms with Gasteiger partial charge in [0.05, 0.1) is 12.7 Å². The molecule has 4 nitrogen and oxygen atoms in total. The maximum atomic E-state index is 12.7. The second-order valence-corrected chi connectivity index (χ2v) is 7.87. The van der Waals surface area contributed by atoms with Crippen molar-refractivity contribution >= 4 is 50.8 Å². The minimum Gasteiger partial charge on any atom is -0.465 e. The first kappa shape index (κ1) is 19.6. The predicted molar refractivity (Wildman–Crippen MR) is 118 cm³/mol. The third-order valence-corrected chi connectivity index (χ3v) is 6.04. The van der Waals surface area contributed by atoms with E-state index in [2.05, 4.69) is 34.8 Å². The van der Waals surface area contributed by atoms with E-state index in [0.717, 1.165) is 21.1 Å². The number of amides is 1. The van der Waals surface area contributed by atoms with Gasteiger partial charge in [0.15, 0.2) is 0 Å². The van der Waals surface area contributed by atoms with Crippen molar-refractivity contribution in [3.8, 4) is 11.1 Å². The molecular formula is C21H18INO3S. The number of carbonyl (C=O) groups is 2. The van der Waals surface area contributed by atoms with E-state index in [1.54, 1.807) is 6.07 Å². The molecule has 0 unspecified atom stereocenters. The number of methoxy groups -OCH3 is 1. The Morgan fingerprint density at radius 1 is 1.11 bits per heavy atom. The van der Waals surface area contributed by atoms with Crippen LogP contribution < -0.4 is 5.32 Å². The van der Waals surface area contributed by atoms with E-state index in [1.165, 1.54) is 24.0 Å². The molecule has 1 amide bonds. The molecule has 0 bridgehead atoms. The molecule has 1 N–H and O–H groups in total. The molecule has 27 heavy (non-hydrogen) atoms. The molecule has 3 aromatic rings. The van der Waals surface area contributed by atoms with Crippen molar-refractivity contribution in [1.29, 1.82) is 0 Å². The molecule has 0 atom stereocenters. The highest BCUT2D eigenvalue weighted by Crippen LogP contribution is 2.36. The first-order valence-corrected chi connectivity index (χ1v) is 10.4. The van der Waals surface area contributed by atoms with Crippen LogP contribution in [0.5, 0.6) is 0 Å². The maximum Gasteiger partial charge on any atom is 0.341 e. The van der Waals surface area contributed by atoms with Crippen LogP contribution >= 0.6 is 33.9 Å². The van der Waals surface area contributed by atoms with Crippen LogP contribution in [0.25, 0.3) is 11.1 Å². The molecule has 0 spiro atoms. The standard InChI is InChI=1S/C21H18INO3S/c1-3-13-8-10-14(11-9-13)16-12-27-20(18(16)21(25)26-2)23-19(24)15-6-4-5-7-17(15)22/h4-12H,3H2,1-2H3,(H,23,24). The lowest BCUT2D eigenvalue weighted by Crippen LogP contribution is -2.15. The Bertz CT molecular complexity index is 979. The van der Waals surface area contributed by atoms with Crippen molar-refractivity contribution in [1.82, 2.24) is 0 Å². The summed E-state index contributed by atoms with van der Waals surface area (Å²) in [5, 5.41) is 5.23. The number of esters is 1. The zero-order chi connectivity index (χ0) is 19.4. The Balaban J connectivity index is 1.98. The smallest absolute Gasteiger partial charge is 0.341 e. The van der Waals surface area contributed by atoms with Crippen molar-refractivity contribution in [3.05, 3.63) is 74.2 Å². The minimum absolute atomic E-state index is 0.250. The number of halogens is 1. The zero-order valence-corrected chi connectivity index (χ0v) is 17.9. The van der Waals surface area contributed by atoms with Crippen LogP contribution in [0.4, 0.5) is 5.00 Å². The number of nitrogens with one attached hydrogen (secondary N) is 1. The number of carbonyl (C=O) groups excluding carboxylic acids is 2. The van der Waals surface area contributed by atoms with Crippen LogP contribution in [0.15, 0.2) is 53.9 Å². The lowest BCUT2D eigenvalue weighted by molar-refractivity contribution is 0.0603. The molecule has 0 saturated carbocycles. The van der Waals surface area contributed by atoms with Gasteiger partial charge in [-0.1, -0.05) is 43.3 Å². The summed E-state index contributed by atoms with van der Waals surface area (Å²) in [7, 11) is 1.34. The Morgan fingerprint density at radius 2 is 1.81 bits per heavy atom. The highest BCUT2D eigenvalue weighted by Gasteiger charge is 2.23. The summed E-state index contributed by atoms with van der Waals surface area (Å²) >= 11 is 3.44. The zero-order valence-electron chi connectivity index (χ0n) is 14.9. The molecule has 6 heteroatoms. The molecule has 0 fully saturated rings. The topological polar surface area (TPSA) is 55.4 Å². The molecule has 0 aliphatic heterocycles. The van der Waals surface area contributed by atoms with Crippen LogP contribution in [-0.2, 0) is 11.2 Å². The SMILES string of the molecule is CCc1ccc(-c2csc(NC(=O)c3ccccc3I)c2C(=O)OC)cc1. The molecule has 3 rings (SSSR count). The van der Waals surface area contributed by atoms with Crippen LogP contribution in [0.3, 0.4) is 0 Å². The molecule has 1 heterocycles. The van der Waals surface area contributed by atoms with E-state index < -0.39 is 5.97 Å². The summed E-state index contributed by atoms with van der Waals surface area (Å²) in [5.41, 5.74) is 3.84. The first-order chi connectivity index (χ1) is 13.0. The van der Waals surface area contributed by atoms with Crippen molar-refractivity contribution in [2.45, 2.75) is 13.3 Å². The lowest BCUT2D eigenvalue weighted by atomic mass is 10.0. The van der Waals surface area contributed by atoms with Gasteiger partial charge in [0.25, 0.3) is 5.91 Å². The Kier molecular flexibility index (Phi) is 6.28. The van der Waals surface area contributed by atoms with Crippen LogP contribution in [0.1, 0.15) is 33.2 Å². The molecule has 0 aliphatic rings. The Labute approximate surface area is 175 Å². The number of benzene rings is 2. The molecular weight excluding hydrogens is 473 g/mol. The van der Waals surface area contributed by atoms with Gasteiger partial charge in [-0.3, -0.25) is 4.79 Å². The third kappa shape index (κ3) is 4.22. The summed E-state index contributed by atoms with van der Waals surface area (Å²) in [6, 6.07) is 15.4. The number of rotatable bonds is 5. The van der Waals surface area contributed by atoms with E-state index >= 15 is 0 Å². The fraction of sp³-hybridized carbons (Fsp3) is 0.143. The van der Waals surface area contributed by atoms with Gasteiger partial charge >= 0.3 is 5.97 Å². The normalized spacial score (nSPS) is 10.5. The average Bonchev–Trinajstić information content (AvgIpc) is 3.11. The molecule has 0 aliphatic carbocycles. The second kappa shape index (κ2) is 8.67. The molecule has 138 valence electrons. The van der Waals surface area contributed by atoms with Gasteiger partial charge in [0.1, 0.15) is 10.6 Å². The molecule has 2 aromatic carbocycles. The van der Waals surface area contributed by atoms with Crippen molar-refractivity contribution in [2.75, 3.05) is 12.4 Å². The fourth-order valence-corrected chi connectivity index (χ4v) is 4.29. The fourth-order valence-electron chi connectivity index (χ4n) is 2.70. The van der Waals surface area contributed by atoms with Gasteiger partial charge in [0.2, 0.25) is 0 Å². The summed E-state index contributed by atoms with van der Waals surface area (Å²) in [6.45, 7) is 2.10. The van der Waals surface area contributed by atoms with Crippen LogP contribution in [0, 0.1) is 3.57 Å². The van der Waals surface area contributed by atoms with E-state index in [9.17, 15) is 9.59 Å². The number of hydrogen-bond donors (Lipinski definition) is 1. The van der Waals surface area contributed by atoms with Gasteiger partial charge in [-0.05, 0) is 52.3 Å². The molecule has 0 saturated heterocycles. The van der Waals surface area contributed by atoms with Gasteiger partial charge in [-0.25, -0.2) is 4.79 Å². The van der Waals surface area contributed by atoms with Gasteiger partial charge < -0.3 is 10.1 Å². The minimum atomic E-state index is -0.469. The predicted octanol–water partition coefficient (Wildman–Crippen LogP) is 5.62. The van der Waals surface area contributed by atoms with Crippen molar-refractivity contribution in [3.63, 3.8) is 0 Å². The molecule has 1 aromatic heterocycles. The van der Waals surface area contributed by atoms with Crippen molar-refractivity contribution < 1.29 is 14.3 Å². The average molecular weight is 491 g/mol. The number of ether oxygens (including phenoxy) is 1. The third-order valence-electron chi connectivity index (χ3n) is 4.20. The van der Waals surface area contributed by atoms with E-state index in [4.69, 9.17) is 4.74 Å². The van der Waals surface area contributed by atoms with Gasteiger partial charge in [-0.2, -0.15) is 0 Å². The largest absolute Gasteiger partial charge is 0.465 e. The summed E-state index contributed by atoms with van der Waals surface area (Å²) in [6.07, 6.45) is 0.949. The van der Waals surface area contributed by atoms with E-state index in [1.807, 2.05) is 47.8 Å². The van der Waals surface area contributed by atoms with Crippen LogP contribution in [-0.4, -0.2) is 19.0 Å². The highest BCUT2D eigenvalue weighted by atomic mass is 127. The van der Waals surface area contributed by atoms with Gasteiger partial charge in [-0.15, -0.1) is 11.3 Å². The highest BCUT2D eigenvalue weighted by molar-refractivity contribution is 14.1. The van der Waals surface area contributed by atoms with Crippen molar-refractivity contribution in [2.24, 2.45) is 0 Å². The maximum absolute atomic E-state index is 12.7. The summed E-state index contributed by atoms with van der Waals surface area (Å²) in [4.78, 5) is 25.1. The second-order valence-electron chi connectivity index (χ2n) is 5.83. The summed E-state index contributed by atoms with van der Waals surface area (Å²) in [5.74, 6) is -0.719. The number of thiophene rings is 1. The number of aryl methyl sites for hydroxylation is 1. The lowest BCUT2D eigenvalue weighted by Gasteiger charge is -2.09. The van der Waals surface area contributed by atoms with Gasteiger partial charge in [0, 0.05) is 14.5 Å². The Hall–Kier alpha value is -2.19. The number of anilines is 1. The number of hydrogen-bond acceptors (Lipinski definition) is 4. The quantitative estimate of drug-likeness (QED) is 0.372. The monoisotopic (exact) mass is 491 g/mol. The first-order valence-electron chi connectivity index (χ1n) is 8.40. The Morgan fingerprint density at radius 3 is 2.44 bits per heavy atom. The molecule has 0 radical (unpaired) electrons. The summed E-state index contributed by atoms with van der Waals surface area (Å²) < 4.78 is 5.81. The van der Waals surface area contributed by atoms with E-state index in [0.29, 0.717) is 16.1 Å². The van der Waals surface area contributed by atoms with E-state index in [-0.39, 0.29) is 5.91 Å².